The summed E-state index contributed by atoms with van der Waals surface area (Å²) in [7, 11) is 0. The molecule has 0 spiro atoms. The van der Waals surface area contributed by atoms with E-state index in [1.54, 1.807) is 6.92 Å². The Labute approximate surface area is 112 Å². The molecular weight excluding hydrogens is 279 g/mol. The Morgan fingerprint density at radius 1 is 1.40 bits per heavy atom. The molecule has 110 valence electrons. The number of carbonyl (C=O) groups excluding carboxylic acids is 1. The molecule has 1 aromatic rings. The number of amides is 1. The van der Waals surface area contributed by atoms with Crippen LogP contribution in [-0.4, -0.2) is 30.1 Å². The normalized spacial score (nSPS) is 11.2. The number of hydrogen-bond acceptors (Lipinski definition) is 4. The van der Waals surface area contributed by atoms with Gasteiger partial charge in [-0.3, -0.25) is 14.9 Å². The van der Waals surface area contributed by atoms with Crippen LogP contribution in [0.1, 0.15) is 5.56 Å². The predicted molar refractivity (Wildman–Crippen MR) is 65.4 cm³/mol. The number of hydrogen-bond donors (Lipinski definition) is 2. The third-order valence-electron chi connectivity index (χ3n) is 2.31. The summed E-state index contributed by atoms with van der Waals surface area (Å²) < 4.78 is 35.6. The average molecular weight is 291 g/mol. The molecule has 1 rings (SSSR count). The lowest BCUT2D eigenvalue weighted by Crippen LogP contribution is -2.35. The maximum atomic E-state index is 11.9. The highest BCUT2D eigenvalue weighted by molar-refractivity contribution is 5.93. The summed E-state index contributed by atoms with van der Waals surface area (Å²) in [6.45, 7) is -0.221. The third kappa shape index (κ3) is 5.22. The first-order valence-corrected chi connectivity index (χ1v) is 5.51. The lowest BCUT2D eigenvalue weighted by atomic mass is 10.2. The summed E-state index contributed by atoms with van der Waals surface area (Å²) in [4.78, 5) is 21.3. The second kappa shape index (κ2) is 6.33. The van der Waals surface area contributed by atoms with Crippen LogP contribution in [0.15, 0.2) is 18.2 Å². The molecule has 0 aliphatic heterocycles. The van der Waals surface area contributed by atoms with Crippen molar-refractivity contribution in [3.63, 3.8) is 0 Å². The highest BCUT2D eigenvalue weighted by Crippen LogP contribution is 2.21. The van der Waals surface area contributed by atoms with Crippen molar-refractivity contribution in [3.8, 4) is 0 Å². The van der Waals surface area contributed by atoms with Gasteiger partial charge < -0.3 is 10.6 Å². The molecule has 0 heterocycles. The monoisotopic (exact) mass is 291 g/mol. The standard InChI is InChI=1S/C11H12F3N3O3/c1-7-4-8(17(19)20)2-3-9(7)16-10(18)5-15-6-11(12,13)14/h2-4,15H,5-6H2,1H3,(H,16,18). The minimum Gasteiger partial charge on any atom is -0.325 e. The molecule has 0 bridgehead atoms. The number of alkyl halides is 3. The van der Waals surface area contributed by atoms with E-state index in [2.05, 4.69) is 5.32 Å². The van der Waals surface area contributed by atoms with Gasteiger partial charge in [-0.1, -0.05) is 0 Å². The maximum absolute atomic E-state index is 11.9. The fourth-order valence-corrected chi connectivity index (χ4v) is 1.41. The molecule has 0 atom stereocenters. The molecule has 2 N–H and O–H groups in total. The van der Waals surface area contributed by atoms with E-state index in [0.717, 1.165) is 0 Å². The number of benzene rings is 1. The minimum atomic E-state index is -4.39. The van der Waals surface area contributed by atoms with Crippen LogP contribution in [-0.2, 0) is 4.79 Å². The zero-order valence-corrected chi connectivity index (χ0v) is 10.5. The van der Waals surface area contributed by atoms with E-state index in [1.165, 1.54) is 18.2 Å². The summed E-state index contributed by atoms with van der Waals surface area (Å²) in [5, 5.41) is 14.8. The second-order valence-electron chi connectivity index (χ2n) is 4.02. The SMILES string of the molecule is Cc1cc([N+](=O)[O-])ccc1NC(=O)CNCC(F)(F)F. The van der Waals surface area contributed by atoms with Crippen LogP contribution in [0.25, 0.3) is 0 Å². The van der Waals surface area contributed by atoms with Crippen LogP contribution in [0.5, 0.6) is 0 Å². The highest BCUT2D eigenvalue weighted by Gasteiger charge is 2.26. The highest BCUT2D eigenvalue weighted by atomic mass is 19.4. The Morgan fingerprint density at radius 2 is 2.05 bits per heavy atom. The smallest absolute Gasteiger partial charge is 0.325 e. The number of carbonyl (C=O) groups is 1. The predicted octanol–water partition coefficient (Wildman–Crippen LogP) is 1.99. The van der Waals surface area contributed by atoms with Gasteiger partial charge in [-0.25, -0.2) is 0 Å². The van der Waals surface area contributed by atoms with E-state index in [1.807, 2.05) is 5.32 Å². The zero-order valence-electron chi connectivity index (χ0n) is 10.5. The number of anilines is 1. The largest absolute Gasteiger partial charge is 0.401 e. The molecule has 6 nitrogen and oxygen atoms in total. The molecule has 0 aliphatic rings. The zero-order chi connectivity index (χ0) is 15.3. The van der Waals surface area contributed by atoms with Crippen LogP contribution in [0, 0.1) is 17.0 Å². The van der Waals surface area contributed by atoms with Gasteiger partial charge in [-0.2, -0.15) is 13.2 Å². The first-order valence-electron chi connectivity index (χ1n) is 5.51. The molecule has 0 aliphatic carbocycles. The summed E-state index contributed by atoms with van der Waals surface area (Å²) in [6, 6.07) is 3.79. The van der Waals surface area contributed by atoms with Crippen molar-refractivity contribution in [1.82, 2.24) is 5.32 Å². The minimum absolute atomic E-state index is 0.129. The van der Waals surface area contributed by atoms with Gasteiger partial charge in [0.2, 0.25) is 5.91 Å². The van der Waals surface area contributed by atoms with Gasteiger partial charge >= 0.3 is 6.18 Å². The molecule has 0 saturated heterocycles. The first-order chi connectivity index (χ1) is 9.19. The van der Waals surface area contributed by atoms with Gasteiger partial charge in [0.25, 0.3) is 5.69 Å². The van der Waals surface area contributed by atoms with Gasteiger partial charge in [0.05, 0.1) is 18.0 Å². The van der Waals surface area contributed by atoms with Crippen molar-refractivity contribution in [2.24, 2.45) is 0 Å². The quantitative estimate of drug-likeness (QED) is 0.642. The van der Waals surface area contributed by atoms with E-state index in [4.69, 9.17) is 0 Å². The van der Waals surface area contributed by atoms with Crippen LogP contribution in [0.2, 0.25) is 0 Å². The first kappa shape index (κ1) is 15.9. The van der Waals surface area contributed by atoms with Crippen LogP contribution >= 0.6 is 0 Å². The maximum Gasteiger partial charge on any atom is 0.401 e. The number of nitro benzene ring substituents is 1. The van der Waals surface area contributed by atoms with E-state index in [-0.39, 0.29) is 5.69 Å². The van der Waals surface area contributed by atoms with Crippen molar-refractivity contribution in [3.05, 3.63) is 33.9 Å². The lowest BCUT2D eigenvalue weighted by Gasteiger charge is -2.10. The fourth-order valence-electron chi connectivity index (χ4n) is 1.41. The molecule has 0 saturated carbocycles. The number of aryl methyl sites for hydroxylation is 1. The number of halogens is 3. The Hall–Kier alpha value is -2.16. The summed E-state index contributed by atoms with van der Waals surface area (Å²) >= 11 is 0. The average Bonchev–Trinajstić information content (AvgIpc) is 2.29. The van der Waals surface area contributed by atoms with E-state index in [9.17, 15) is 28.1 Å². The Kier molecular flexibility index (Phi) is 5.03. The number of non-ortho nitro benzene ring substituents is 1. The van der Waals surface area contributed by atoms with Crippen molar-refractivity contribution in [2.75, 3.05) is 18.4 Å². The number of nitrogens with one attached hydrogen (secondary N) is 2. The Bertz CT molecular complexity index is 517. The van der Waals surface area contributed by atoms with Crippen LogP contribution < -0.4 is 10.6 Å². The summed E-state index contributed by atoms with van der Waals surface area (Å²) in [5.41, 5.74) is 0.633. The molecule has 0 unspecified atom stereocenters. The third-order valence-corrected chi connectivity index (χ3v) is 2.31. The van der Waals surface area contributed by atoms with Gasteiger partial charge in [0.15, 0.2) is 0 Å². The Morgan fingerprint density at radius 3 is 2.55 bits per heavy atom. The second-order valence-corrected chi connectivity index (χ2v) is 4.02. The van der Waals surface area contributed by atoms with E-state index in [0.29, 0.717) is 11.3 Å². The van der Waals surface area contributed by atoms with Gasteiger partial charge in [-0.05, 0) is 18.6 Å². The van der Waals surface area contributed by atoms with Gasteiger partial charge in [0.1, 0.15) is 0 Å². The van der Waals surface area contributed by atoms with Crippen molar-refractivity contribution in [1.29, 1.82) is 0 Å². The molecule has 0 radical (unpaired) electrons. The van der Waals surface area contributed by atoms with E-state index < -0.39 is 30.1 Å². The number of nitrogens with zero attached hydrogens (tertiary/aromatic N) is 1. The lowest BCUT2D eigenvalue weighted by molar-refractivity contribution is -0.384. The molecule has 1 aromatic carbocycles. The molecule has 9 heteroatoms. The topological polar surface area (TPSA) is 84.3 Å². The number of nitro groups is 1. The number of rotatable bonds is 5. The van der Waals surface area contributed by atoms with Crippen molar-refractivity contribution in [2.45, 2.75) is 13.1 Å². The van der Waals surface area contributed by atoms with Crippen molar-refractivity contribution >= 4 is 17.3 Å². The van der Waals surface area contributed by atoms with Crippen LogP contribution in [0.4, 0.5) is 24.5 Å². The molecular formula is C11H12F3N3O3. The van der Waals surface area contributed by atoms with Gasteiger partial charge in [0, 0.05) is 17.8 Å². The Balaban J connectivity index is 2.56. The molecule has 20 heavy (non-hydrogen) atoms. The van der Waals surface area contributed by atoms with Crippen molar-refractivity contribution < 1.29 is 22.9 Å². The molecule has 0 fully saturated rings. The molecule has 0 aromatic heterocycles. The summed E-state index contributed by atoms with van der Waals surface area (Å²) in [5.74, 6) is -0.661. The summed E-state index contributed by atoms with van der Waals surface area (Å²) in [6.07, 6.45) is -4.39. The molecule has 1 amide bonds. The van der Waals surface area contributed by atoms with E-state index >= 15 is 0 Å². The van der Waals surface area contributed by atoms with Crippen LogP contribution in [0.3, 0.4) is 0 Å². The van der Waals surface area contributed by atoms with Gasteiger partial charge in [-0.15, -0.1) is 0 Å². The fraction of sp³-hybridized carbons (Fsp3) is 0.364.